The van der Waals surface area contributed by atoms with Crippen LogP contribution in [-0.2, 0) is 10.5 Å². The van der Waals surface area contributed by atoms with Gasteiger partial charge >= 0.3 is 5.97 Å². The largest absolute Gasteiger partial charge is 0.480 e. The van der Waals surface area contributed by atoms with Crippen LogP contribution < -0.4 is 5.32 Å². The summed E-state index contributed by atoms with van der Waals surface area (Å²) >= 11 is 3.29. The zero-order valence-electron chi connectivity index (χ0n) is 12.5. The summed E-state index contributed by atoms with van der Waals surface area (Å²) in [5.41, 5.74) is 0.482. The number of carboxylic acids is 1. The Hall–Kier alpha value is -1.86. The Morgan fingerprint density at radius 2 is 2.04 bits per heavy atom. The molecule has 2 aromatic rings. The van der Waals surface area contributed by atoms with Gasteiger partial charge in [-0.3, -0.25) is 4.79 Å². The van der Waals surface area contributed by atoms with E-state index in [1.165, 1.54) is 0 Å². The van der Waals surface area contributed by atoms with E-state index in [1.807, 2.05) is 24.4 Å². The molecule has 1 heterocycles. The summed E-state index contributed by atoms with van der Waals surface area (Å²) in [5, 5.41) is 14.8. The molecule has 0 spiro atoms. The number of aliphatic carboxylic acids is 1. The lowest BCUT2D eigenvalue weighted by Gasteiger charge is -2.12. The highest BCUT2D eigenvalue weighted by Crippen LogP contribution is 2.35. The molecule has 0 atom stereocenters. The molecule has 3 rings (SSSR count). The number of thiazole rings is 1. The predicted molar refractivity (Wildman–Crippen MR) is 89.9 cm³/mol. The second kappa shape index (κ2) is 6.33. The number of aromatic nitrogens is 1. The summed E-state index contributed by atoms with van der Waals surface area (Å²) in [6.07, 6.45) is 0.990. The number of nitrogens with one attached hydrogen (secondary N) is 1. The van der Waals surface area contributed by atoms with Crippen LogP contribution in [-0.4, -0.2) is 27.5 Å². The number of aryl methyl sites for hydroxylation is 1. The van der Waals surface area contributed by atoms with Gasteiger partial charge in [-0.15, -0.1) is 23.1 Å². The second-order valence-corrected chi connectivity index (χ2v) is 7.62. The lowest BCUT2D eigenvalue weighted by Crippen LogP contribution is -2.43. The summed E-state index contributed by atoms with van der Waals surface area (Å²) in [6.45, 7) is 1.98. The molecule has 0 unspecified atom stereocenters. The number of amides is 1. The van der Waals surface area contributed by atoms with E-state index in [2.05, 4.69) is 10.3 Å². The highest BCUT2D eigenvalue weighted by molar-refractivity contribution is 7.98. The first-order chi connectivity index (χ1) is 11.0. The number of carbonyl (C=O) groups excluding carboxylic acids is 1. The smallest absolute Gasteiger partial charge is 0.329 e. The van der Waals surface area contributed by atoms with Crippen LogP contribution in [0.5, 0.6) is 0 Å². The van der Waals surface area contributed by atoms with E-state index in [9.17, 15) is 9.59 Å². The molecule has 1 aliphatic rings. The van der Waals surface area contributed by atoms with E-state index in [1.54, 1.807) is 35.2 Å². The fourth-order valence-corrected chi connectivity index (χ4v) is 3.65. The summed E-state index contributed by atoms with van der Waals surface area (Å²) in [4.78, 5) is 28.7. The Labute approximate surface area is 142 Å². The average molecular weight is 348 g/mol. The first-order valence-corrected chi connectivity index (χ1v) is 9.05. The van der Waals surface area contributed by atoms with Crippen molar-refractivity contribution in [1.29, 1.82) is 0 Å². The first kappa shape index (κ1) is 16.0. The Bertz CT molecular complexity index is 736. The van der Waals surface area contributed by atoms with Crippen molar-refractivity contribution in [2.24, 2.45) is 0 Å². The van der Waals surface area contributed by atoms with Crippen LogP contribution in [0.4, 0.5) is 0 Å². The van der Waals surface area contributed by atoms with Crippen LogP contribution in [0.25, 0.3) is 0 Å². The molecule has 7 heteroatoms. The monoisotopic (exact) mass is 348 g/mol. The van der Waals surface area contributed by atoms with Crippen LogP contribution in [0.3, 0.4) is 0 Å². The van der Waals surface area contributed by atoms with E-state index < -0.39 is 11.5 Å². The van der Waals surface area contributed by atoms with Crippen LogP contribution in [0.15, 0.2) is 34.5 Å². The minimum Gasteiger partial charge on any atom is -0.480 e. The fourth-order valence-electron chi connectivity index (χ4n) is 2.14. The van der Waals surface area contributed by atoms with Gasteiger partial charge in [0, 0.05) is 21.6 Å². The maximum Gasteiger partial charge on any atom is 0.329 e. The van der Waals surface area contributed by atoms with Gasteiger partial charge in [-0.2, -0.15) is 0 Å². The summed E-state index contributed by atoms with van der Waals surface area (Å²) in [5.74, 6) is -0.508. The quantitative estimate of drug-likeness (QED) is 0.784. The topological polar surface area (TPSA) is 79.3 Å². The Morgan fingerprint density at radius 1 is 1.35 bits per heavy atom. The average Bonchev–Trinajstić information content (AvgIpc) is 3.20. The molecule has 1 aromatic heterocycles. The molecule has 0 bridgehead atoms. The molecule has 1 fully saturated rings. The maximum atomic E-state index is 12.1. The Balaban J connectivity index is 1.58. The fraction of sp³-hybridized carbons (Fsp3) is 0.312. The number of carbonyl (C=O) groups is 2. The van der Waals surface area contributed by atoms with E-state index in [-0.39, 0.29) is 5.91 Å². The van der Waals surface area contributed by atoms with Crippen molar-refractivity contribution in [2.75, 3.05) is 0 Å². The van der Waals surface area contributed by atoms with Crippen LogP contribution >= 0.6 is 23.1 Å². The van der Waals surface area contributed by atoms with Gasteiger partial charge in [0.25, 0.3) is 5.91 Å². The summed E-state index contributed by atoms with van der Waals surface area (Å²) < 4.78 is 0. The molecule has 0 aliphatic heterocycles. The van der Waals surface area contributed by atoms with Crippen LogP contribution in [0.1, 0.15) is 33.9 Å². The molecule has 1 saturated carbocycles. The lowest BCUT2D eigenvalue weighted by molar-refractivity contribution is -0.140. The Kier molecular flexibility index (Phi) is 4.41. The molecule has 1 aromatic carbocycles. The molecule has 23 heavy (non-hydrogen) atoms. The minimum atomic E-state index is -1.05. The summed E-state index contributed by atoms with van der Waals surface area (Å²) in [6, 6.07) is 7.20. The van der Waals surface area contributed by atoms with Gasteiger partial charge in [0.1, 0.15) is 5.54 Å². The molecule has 0 saturated heterocycles. The maximum absolute atomic E-state index is 12.1. The highest BCUT2D eigenvalue weighted by Gasteiger charge is 2.51. The number of hydrogen-bond acceptors (Lipinski definition) is 5. The van der Waals surface area contributed by atoms with Crippen molar-refractivity contribution >= 4 is 35.0 Å². The van der Waals surface area contributed by atoms with Crippen LogP contribution in [0, 0.1) is 6.92 Å². The van der Waals surface area contributed by atoms with E-state index >= 15 is 0 Å². The third-order valence-electron chi connectivity index (χ3n) is 3.68. The summed E-state index contributed by atoms with van der Waals surface area (Å²) in [7, 11) is 0. The lowest BCUT2D eigenvalue weighted by atomic mass is 10.2. The third kappa shape index (κ3) is 3.73. The first-order valence-electron chi connectivity index (χ1n) is 7.18. The third-order valence-corrected chi connectivity index (χ3v) is 5.55. The highest BCUT2D eigenvalue weighted by atomic mass is 32.2. The minimum absolute atomic E-state index is 0.337. The van der Waals surface area contributed by atoms with Gasteiger partial charge in [0.2, 0.25) is 0 Å². The van der Waals surface area contributed by atoms with E-state index in [0.29, 0.717) is 18.4 Å². The zero-order valence-corrected chi connectivity index (χ0v) is 14.2. The number of benzene rings is 1. The van der Waals surface area contributed by atoms with Gasteiger partial charge in [-0.25, -0.2) is 9.78 Å². The second-order valence-electron chi connectivity index (χ2n) is 5.51. The Morgan fingerprint density at radius 3 is 2.57 bits per heavy atom. The molecule has 1 aliphatic carbocycles. The van der Waals surface area contributed by atoms with E-state index in [0.717, 1.165) is 21.3 Å². The molecule has 5 nitrogen and oxygen atoms in total. The molecular weight excluding hydrogens is 332 g/mol. The molecule has 0 radical (unpaired) electrons. The molecular formula is C16H16N2O3S2. The molecule has 120 valence electrons. The van der Waals surface area contributed by atoms with Gasteiger partial charge in [0.15, 0.2) is 0 Å². The van der Waals surface area contributed by atoms with Crippen molar-refractivity contribution in [3.63, 3.8) is 0 Å². The predicted octanol–water partition coefficient (Wildman–Crippen LogP) is 3.09. The van der Waals surface area contributed by atoms with Crippen molar-refractivity contribution in [2.45, 2.75) is 36.0 Å². The SMILES string of the molecule is Cc1nc(CSc2ccc(C(=O)NC3(C(=O)O)CC3)cc2)cs1. The van der Waals surface area contributed by atoms with E-state index in [4.69, 9.17) is 5.11 Å². The normalized spacial score (nSPS) is 15.2. The van der Waals surface area contributed by atoms with Crippen molar-refractivity contribution in [1.82, 2.24) is 10.3 Å². The van der Waals surface area contributed by atoms with Gasteiger partial charge in [-0.05, 0) is 44.0 Å². The molecule has 2 N–H and O–H groups in total. The molecule has 1 amide bonds. The number of thioether (sulfide) groups is 1. The standard InChI is InChI=1S/C16H16N2O3S2/c1-10-17-12(8-22-10)9-23-13-4-2-11(3-5-13)14(19)18-16(6-7-16)15(20)21/h2-5,8H,6-7,9H2,1H3,(H,18,19)(H,20,21). The van der Waals surface area contributed by atoms with Gasteiger partial charge in [-0.1, -0.05) is 0 Å². The zero-order chi connectivity index (χ0) is 16.4. The van der Waals surface area contributed by atoms with Crippen molar-refractivity contribution < 1.29 is 14.7 Å². The van der Waals surface area contributed by atoms with Gasteiger partial charge < -0.3 is 10.4 Å². The number of nitrogens with zero attached hydrogens (tertiary/aromatic N) is 1. The van der Waals surface area contributed by atoms with Crippen LogP contribution in [0.2, 0.25) is 0 Å². The number of rotatable bonds is 6. The number of carboxylic acid groups (broad SMARTS) is 1. The van der Waals surface area contributed by atoms with Crippen molar-refractivity contribution in [3.05, 3.63) is 45.9 Å². The van der Waals surface area contributed by atoms with Gasteiger partial charge in [0.05, 0.1) is 10.7 Å². The van der Waals surface area contributed by atoms with Crippen molar-refractivity contribution in [3.8, 4) is 0 Å². The number of hydrogen-bond donors (Lipinski definition) is 2.